The average Bonchev–Trinajstić information content (AvgIpc) is 3.62. The highest BCUT2D eigenvalue weighted by molar-refractivity contribution is 7.12. The summed E-state index contributed by atoms with van der Waals surface area (Å²) in [5.74, 6) is 2.29. The Hall–Kier alpha value is -3.26. The zero-order chi connectivity index (χ0) is 24.3. The third-order valence-electron chi connectivity index (χ3n) is 7.57. The standard InChI is InChI=1S/C28H32N6OS/c35-28(24-12-7-17-36-24)31-21-15-13-20(14-16-21)30-26-23-18-29-34(22-10-5-2-6-11-22)27(23)33-25(32-26)19-8-3-1-4-9-19/h2,5-7,10-12,17-21H,1,3-4,8-9,13-16H2,(H,31,35)(H,30,32,33). The van der Waals surface area contributed by atoms with E-state index in [4.69, 9.17) is 15.1 Å². The predicted octanol–water partition coefficient (Wildman–Crippen LogP) is 6.08. The van der Waals surface area contributed by atoms with Gasteiger partial charge in [0.05, 0.1) is 22.1 Å². The van der Waals surface area contributed by atoms with E-state index in [1.165, 1.54) is 30.6 Å². The van der Waals surface area contributed by atoms with E-state index in [2.05, 4.69) is 22.8 Å². The second-order valence-corrected chi connectivity index (χ2v) is 11.0. The number of carbonyl (C=O) groups excluding carboxylic acids is 1. The van der Waals surface area contributed by atoms with Gasteiger partial charge in [-0.15, -0.1) is 11.3 Å². The molecule has 186 valence electrons. The number of hydrogen-bond acceptors (Lipinski definition) is 6. The van der Waals surface area contributed by atoms with E-state index in [0.717, 1.165) is 71.8 Å². The van der Waals surface area contributed by atoms with E-state index in [0.29, 0.717) is 12.0 Å². The fraction of sp³-hybridized carbons (Fsp3) is 0.429. The van der Waals surface area contributed by atoms with Crippen LogP contribution in [0.1, 0.15) is 79.2 Å². The maximum atomic E-state index is 12.5. The van der Waals surface area contributed by atoms with E-state index in [9.17, 15) is 4.79 Å². The van der Waals surface area contributed by atoms with Gasteiger partial charge in [0.25, 0.3) is 5.91 Å². The Morgan fingerprint density at radius 2 is 1.67 bits per heavy atom. The summed E-state index contributed by atoms with van der Waals surface area (Å²) >= 11 is 1.49. The number of amides is 1. The van der Waals surface area contributed by atoms with Crippen LogP contribution in [0.5, 0.6) is 0 Å². The normalized spacial score (nSPS) is 20.9. The van der Waals surface area contributed by atoms with Crippen LogP contribution in [0, 0.1) is 0 Å². The minimum atomic E-state index is 0.0457. The van der Waals surface area contributed by atoms with Crippen LogP contribution in [0.25, 0.3) is 16.7 Å². The van der Waals surface area contributed by atoms with Gasteiger partial charge in [-0.1, -0.05) is 43.5 Å². The van der Waals surface area contributed by atoms with Gasteiger partial charge in [0.1, 0.15) is 11.6 Å². The van der Waals surface area contributed by atoms with Crippen molar-refractivity contribution in [3.63, 3.8) is 0 Å². The maximum Gasteiger partial charge on any atom is 0.261 e. The van der Waals surface area contributed by atoms with Gasteiger partial charge in [0.2, 0.25) is 0 Å². The molecule has 0 saturated heterocycles. The highest BCUT2D eigenvalue weighted by Crippen LogP contribution is 2.34. The average molecular weight is 501 g/mol. The summed E-state index contributed by atoms with van der Waals surface area (Å²) in [6, 6.07) is 14.5. The van der Waals surface area contributed by atoms with Crippen molar-refractivity contribution in [2.24, 2.45) is 0 Å². The number of rotatable bonds is 6. The third-order valence-corrected chi connectivity index (χ3v) is 8.43. The molecular formula is C28H32N6OS. The second-order valence-electron chi connectivity index (χ2n) is 10.0. The lowest BCUT2D eigenvalue weighted by molar-refractivity contribution is 0.0930. The van der Waals surface area contributed by atoms with Gasteiger partial charge >= 0.3 is 0 Å². The maximum absolute atomic E-state index is 12.5. The molecule has 36 heavy (non-hydrogen) atoms. The monoisotopic (exact) mass is 500 g/mol. The summed E-state index contributed by atoms with van der Waals surface area (Å²) in [5.41, 5.74) is 1.88. The van der Waals surface area contributed by atoms with Crippen molar-refractivity contribution in [1.29, 1.82) is 0 Å². The Balaban J connectivity index is 1.22. The number of fused-ring (bicyclic) bond motifs is 1. The SMILES string of the molecule is O=C(NC1CCC(Nc2nc(C3CCCCC3)nc3c2cnn3-c2ccccc2)CC1)c1cccs1. The number of anilines is 1. The van der Waals surface area contributed by atoms with Crippen LogP contribution in [-0.4, -0.2) is 37.7 Å². The highest BCUT2D eigenvalue weighted by atomic mass is 32.1. The Morgan fingerprint density at radius 3 is 2.42 bits per heavy atom. The van der Waals surface area contributed by atoms with E-state index >= 15 is 0 Å². The molecule has 3 aromatic heterocycles. The lowest BCUT2D eigenvalue weighted by Crippen LogP contribution is -2.40. The predicted molar refractivity (Wildman–Crippen MR) is 144 cm³/mol. The molecule has 6 rings (SSSR count). The van der Waals surface area contributed by atoms with E-state index in [-0.39, 0.29) is 11.9 Å². The molecule has 0 aliphatic heterocycles. The highest BCUT2D eigenvalue weighted by Gasteiger charge is 2.26. The van der Waals surface area contributed by atoms with Gasteiger partial charge < -0.3 is 10.6 Å². The first-order valence-corrected chi connectivity index (χ1v) is 14.0. The summed E-state index contributed by atoms with van der Waals surface area (Å²) in [6.07, 6.45) is 11.9. The van der Waals surface area contributed by atoms with Crippen LogP contribution in [0.3, 0.4) is 0 Å². The number of thiophene rings is 1. The summed E-state index contributed by atoms with van der Waals surface area (Å²) in [5, 5.41) is 14.6. The summed E-state index contributed by atoms with van der Waals surface area (Å²) in [4.78, 5) is 23.4. The van der Waals surface area contributed by atoms with Gasteiger partial charge in [0.15, 0.2) is 5.65 Å². The van der Waals surface area contributed by atoms with E-state index in [1.54, 1.807) is 0 Å². The Kier molecular flexibility index (Phi) is 6.68. The van der Waals surface area contributed by atoms with Gasteiger partial charge in [-0.05, 0) is 62.1 Å². The van der Waals surface area contributed by atoms with Crippen LogP contribution in [0.4, 0.5) is 5.82 Å². The molecule has 1 aromatic carbocycles. The number of nitrogens with one attached hydrogen (secondary N) is 2. The van der Waals surface area contributed by atoms with Crippen LogP contribution in [0.15, 0.2) is 54.0 Å². The molecular weight excluding hydrogens is 468 g/mol. The number of nitrogens with zero attached hydrogens (tertiary/aromatic N) is 4. The Labute approximate surface area is 215 Å². The van der Waals surface area contributed by atoms with Crippen molar-refractivity contribution < 1.29 is 4.79 Å². The molecule has 4 aromatic rings. The van der Waals surface area contributed by atoms with Gasteiger partial charge in [-0.3, -0.25) is 4.79 Å². The molecule has 0 radical (unpaired) electrons. The van der Waals surface area contributed by atoms with Crippen molar-refractivity contribution in [3.05, 3.63) is 64.7 Å². The van der Waals surface area contributed by atoms with Crippen molar-refractivity contribution in [2.75, 3.05) is 5.32 Å². The molecule has 2 saturated carbocycles. The lowest BCUT2D eigenvalue weighted by atomic mass is 9.88. The molecule has 0 spiro atoms. The number of aromatic nitrogens is 4. The molecule has 0 atom stereocenters. The zero-order valence-electron chi connectivity index (χ0n) is 20.4. The van der Waals surface area contributed by atoms with Crippen molar-refractivity contribution in [1.82, 2.24) is 25.1 Å². The Morgan fingerprint density at radius 1 is 0.889 bits per heavy atom. The van der Waals surface area contributed by atoms with Crippen LogP contribution in [0.2, 0.25) is 0 Å². The molecule has 2 aliphatic rings. The molecule has 2 fully saturated rings. The van der Waals surface area contributed by atoms with E-state index < -0.39 is 0 Å². The molecule has 8 heteroatoms. The fourth-order valence-corrected chi connectivity index (χ4v) is 6.20. The topological polar surface area (TPSA) is 84.7 Å². The Bertz CT molecular complexity index is 1300. The molecule has 2 aliphatic carbocycles. The summed E-state index contributed by atoms with van der Waals surface area (Å²) < 4.78 is 1.94. The number of benzene rings is 1. The van der Waals surface area contributed by atoms with Crippen molar-refractivity contribution in [2.45, 2.75) is 75.8 Å². The number of para-hydroxylation sites is 1. The van der Waals surface area contributed by atoms with Crippen molar-refractivity contribution in [3.8, 4) is 5.69 Å². The smallest absolute Gasteiger partial charge is 0.261 e. The number of carbonyl (C=O) groups is 1. The van der Waals surface area contributed by atoms with E-state index in [1.807, 2.05) is 46.6 Å². The number of hydrogen-bond donors (Lipinski definition) is 2. The minimum absolute atomic E-state index is 0.0457. The zero-order valence-corrected chi connectivity index (χ0v) is 21.2. The molecule has 7 nitrogen and oxygen atoms in total. The molecule has 0 unspecified atom stereocenters. The van der Waals surface area contributed by atoms with Gasteiger partial charge in [-0.25, -0.2) is 14.6 Å². The van der Waals surface area contributed by atoms with Crippen LogP contribution < -0.4 is 10.6 Å². The molecule has 3 heterocycles. The van der Waals surface area contributed by atoms with Crippen LogP contribution >= 0.6 is 11.3 Å². The lowest BCUT2D eigenvalue weighted by Gasteiger charge is -2.30. The van der Waals surface area contributed by atoms with Gasteiger partial charge in [-0.2, -0.15) is 5.10 Å². The first kappa shape index (κ1) is 23.2. The molecule has 1 amide bonds. The van der Waals surface area contributed by atoms with Gasteiger partial charge in [0, 0.05) is 18.0 Å². The van der Waals surface area contributed by atoms with Crippen molar-refractivity contribution >= 4 is 34.1 Å². The van der Waals surface area contributed by atoms with Crippen LogP contribution in [-0.2, 0) is 0 Å². The molecule has 2 N–H and O–H groups in total. The first-order valence-electron chi connectivity index (χ1n) is 13.2. The second kappa shape index (κ2) is 10.4. The molecule has 0 bridgehead atoms. The fourth-order valence-electron chi connectivity index (χ4n) is 5.58. The third kappa shape index (κ3) is 4.87. The minimum Gasteiger partial charge on any atom is -0.367 e. The largest absolute Gasteiger partial charge is 0.367 e. The summed E-state index contributed by atoms with van der Waals surface area (Å²) in [6.45, 7) is 0. The summed E-state index contributed by atoms with van der Waals surface area (Å²) in [7, 11) is 0. The quantitative estimate of drug-likeness (QED) is 0.335. The first-order chi connectivity index (χ1) is 17.7.